The highest BCUT2D eigenvalue weighted by atomic mass is 19.1. The Hall–Kier alpha value is -4.20. The Morgan fingerprint density at radius 2 is 1.97 bits per heavy atom. The largest absolute Gasteiger partial charge is 0.394 e. The number of nitrogens with zero attached hydrogens (tertiary/aromatic N) is 7. The number of pyridine rings is 1. The Morgan fingerprint density at radius 1 is 1.18 bits per heavy atom. The van der Waals surface area contributed by atoms with Crippen LogP contribution in [0.4, 0.5) is 21.5 Å². The van der Waals surface area contributed by atoms with Crippen molar-refractivity contribution in [2.75, 3.05) is 22.1 Å². The second-order valence-electron chi connectivity index (χ2n) is 9.12. The average Bonchev–Trinajstić information content (AvgIpc) is 3.39. The zero-order valence-electron chi connectivity index (χ0n) is 18.6. The minimum atomic E-state index is -0.623. The van der Waals surface area contributed by atoms with Crippen molar-refractivity contribution in [3.8, 4) is 6.07 Å². The fourth-order valence-electron chi connectivity index (χ4n) is 5.37. The van der Waals surface area contributed by atoms with Crippen LogP contribution in [0, 0.1) is 17.1 Å². The van der Waals surface area contributed by atoms with Gasteiger partial charge in [-0.1, -0.05) is 0 Å². The van der Waals surface area contributed by atoms with E-state index in [2.05, 4.69) is 23.0 Å². The number of nitrogens with two attached hydrogens (primary N) is 1. The van der Waals surface area contributed by atoms with Crippen LogP contribution in [-0.4, -0.2) is 32.0 Å². The molecule has 34 heavy (non-hydrogen) atoms. The fourth-order valence-corrected chi connectivity index (χ4v) is 5.37. The highest BCUT2D eigenvalue weighted by Crippen LogP contribution is 2.36. The van der Waals surface area contributed by atoms with E-state index >= 15 is 0 Å². The zero-order valence-corrected chi connectivity index (χ0v) is 18.6. The molecule has 11 heteroatoms. The van der Waals surface area contributed by atoms with Crippen LogP contribution in [-0.2, 0) is 19.5 Å². The highest BCUT2D eigenvalue weighted by molar-refractivity contribution is 5.75. The predicted molar refractivity (Wildman–Crippen MR) is 123 cm³/mol. The van der Waals surface area contributed by atoms with Crippen LogP contribution in [0.5, 0.6) is 0 Å². The Bertz CT molecular complexity index is 1600. The Morgan fingerprint density at radius 3 is 2.71 bits per heavy atom. The van der Waals surface area contributed by atoms with E-state index in [1.165, 1.54) is 4.52 Å². The van der Waals surface area contributed by atoms with E-state index in [0.29, 0.717) is 37.4 Å². The summed E-state index contributed by atoms with van der Waals surface area (Å²) < 4.78 is 18.0. The Balaban J connectivity index is 1.39. The van der Waals surface area contributed by atoms with Crippen molar-refractivity contribution in [1.29, 1.82) is 5.26 Å². The van der Waals surface area contributed by atoms with Crippen LogP contribution in [0.15, 0.2) is 27.9 Å². The molecule has 2 aliphatic rings. The van der Waals surface area contributed by atoms with Crippen LogP contribution in [0.25, 0.3) is 5.52 Å². The lowest BCUT2D eigenvalue weighted by Crippen LogP contribution is -2.48. The van der Waals surface area contributed by atoms with Gasteiger partial charge >= 0.3 is 0 Å². The number of nitrogen functional groups attached to an aromatic ring is 1. The molecule has 0 spiro atoms. The standard InChI is InChI=1S/C23H21FN8O2/c1-11-5-14-16(9-30(11)21-19(26)22(33)23(21)34)28-31-12(2)8-29(10-18(14)31)17-4-3-13(6-25)32-20(17)15(24)7-27-32/h3-4,7,11-12H,5,8-10,26H2,1-2H3/t11-,12+/m0/s1. The van der Waals surface area contributed by atoms with Crippen LogP contribution >= 0.6 is 0 Å². The van der Waals surface area contributed by atoms with Crippen LogP contribution in [0.2, 0.25) is 0 Å². The third kappa shape index (κ3) is 2.59. The first-order valence-electron chi connectivity index (χ1n) is 11.1. The van der Waals surface area contributed by atoms with Crippen molar-refractivity contribution >= 4 is 22.6 Å². The topological polar surface area (TPSA) is 126 Å². The number of halogens is 1. The van der Waals surface area contributed by atoms with Gasteiger partial charge in [-0.2, -0.15) is 15.5 Å². The molecule has 0 aliphatic carbocycles. The van der Waals surface area contributed by atoms with E-state index in [4.69, 9.17) is 10.8 Å². The summed E-state index contributed by atoms with van der Waals surface area (Å²) in [5.74, 6) is -0.476. The first kappa shape index (κ1) is 20.4. The lowest BCUT2D eigenvalue weighted by Gasteiger charge is -2.37. The number of aromatic nitrogens is 4. The zero-order chi connectivity index (χ0) is 23.9. The van der Waals surface area contributed by atoms with Gasteiger partial charge in [0.05, 0.1) is 42.4 Å². The minimum Gasteiger partial charge on any atom is -0.394 e. The number of hydrogen-bond acceptors (Lipinski definition) is 8. The van der Waals surface area contributed by atoms with Gasteiger partial charge in [-0.25, -0.2) is 8.91 Å². The van der Waals surface area contributed by atoms with Crippen LogP contribution in [0.1, 0.15) is 42.5 Å². The molecule has 3 aromatic heterocycles. The van der Waals surface area contributed by atoms with Gasteiger partial charge in [-0.05, 0) is 32.4 Å². The van der Waals surface area contributed by atoms with E-state index < -0.39 is 16.7 Å². The highest BCUT2D eigenvalue weighted by Gasteiger charge is 2.37. The van der Waals surface area contributed by atoms with Crippen molar-refractivity contribution in [2.24, 2.45) is 0 Å². The average molecular weight is 460 g/mol. The molecule has 0 saturated carbocycles. The van der Waals surface area contributed by atoms with Gasteiger partial charge in [0, 0.05) is 18.2 Å². The lowest BCUT2D eigenvalue weighted by molar-refractivity contribution is 0.423. The van der Waals surface area contributed by atoms with Gasteiger partial charge in [0.1, 0.15) is 28.7 Å². The van der Waals surface area contributed by atoms with Crippen LogP contribution in [0.3, 0.4) is 0 Å². The van der Waals surface area contributed by atoms with Crippen molar-refractivity contribution in [2.45, 2.75) is 45.4 Å². The fraction of sp³-hybridized carbons (Fsp3) is 0.348. The molecule has 0 bridgehead atoms. The van der Waals surface area contributed by atoms with E-state index in [9.17, 15) is 19.2 Å². The minimum absolute atomic E-state index is 0.0102. The number of rotatable bonds is 2. The first-order chi connectivity index (χ1) is 16.3. The summed E-state index contributed by atoms with van der Waals surface area (Å²) in [4.78, 5) is 27.7. The molecule has 5 heterocycles. The maximum Gasteiger partial charge on any atom is 0.253 e. The number of anilines is 3. The first-order valence-corrected chi connectivity index (χ1v) is 11.1. The van der Waals surface area contributed by atoms with Gasteiger partial charge in [0.15, 0.2) is 5.82 Å². The number of fused-ring (bicyclic) bond motifs is 4. The number of hydrogen-bond donors (Lipinski definition) is 1. The monoisotopic (exact) mass is 460 g/mol. The van der Waals surface area contributed by atoms with E-state index in [1.807, 2.05) is 16.5 Å². The summed E-state index contributed by atoms with van der Waals surface area (Å²) in [5.41, 5.74) is 9.20. The lowest BCUT2D eigenvalue weighted by atomic mass is 9.95. The summed E-state index contributed by atoms with van der Waals surface area (Å²) in [6, 6.07) is 5.44. The summed E-state index contributed by atoms with van der Waals surface area (Å²) in [7, 11) is 0. The molecular weight excluding hydrogens is 439 g/mol. The smallest absolute Gasteiger partial charge is 0.253 e. The maximum atomic E-state index is 14.7. The maximum absolute atomic E-state index is 14.7. The van der Waals surface area contributed by atoms with Gasteiger partial charge < -0.3 is 15.5 Å². The molecule has 6 rings (SSSR count). The molecule has 0 saturated heterocycles. The summed E-state index contributed by atoms with van der Waals surface area (Å²) in [6.07, 6.45) is 1.77. The summed E-state index contributed by atoms with van der Waals surface area (Å²) in [6.45, 7) is 5.57. The van der Waals surface area contributed by atoms with Crippen molar-refractivity contribution in [3.05, 3.63) is 67.2 Å². The molecule has 10 nitrogen and oxygen atoms in total. The molecule has 0 radical (unpaired) electrons. The molecule has 172 valence electrons. The number of nitriles is 1. The molecule has 0 fully saturated rings. The molecule has 2 N–H and O–H groups in total. The SMILES string of the molecule is C[C@@H]1CN(c2ccc(C#N)n3ncc(F)c23)Cc2c3c(nn21)CN(c1c(N)c(=O)c1=O)[C@@H](C)C3. The van der Waals surface area contributed by atoms with E-state index in [-0.39, 0.29) is 29.0 Å². The van der Waals surface area contributed by atoms with Crippen LogP contribution < -0.4 is 26.4 Å². The van der Waals surface area contributed by atoms with Gasteiger partial charge in [-0.3, -0.25) is 14.3 Å². The predicted octanol–water partition coefficient (Wildman–Crippen LogP) is 1.25. The van der Waals surface area contributed by atoms with E-state index in [1.54, 1.807) is 12.1 Å². The molecule has 2 atom stereocenters. The van der Waals surface area contributed by atoms with E-state index in [0.717, 1.165) is 23.1 Å². The molecule has 0 unspecified atom stereocenters. The third-order valence-electron chi connectivity index (χ3n) is 7.05. The molecule has 2 aliphatic heterocycles. The van der Waals surface area contributed by atoms with Gasteiger partial charge in [-0.15, -0.1) is 0 Å². The second kappa shape index (κ2) is 6.90. The normalized spacial score (nSPS) is 19.9. The third-order valence-corrected chi connectivity index (χ3v) is 7.05. The molecule has 4 aromatic rings. The quantitative estimate of drug-likeness (QED) is 0.443. The van der Waals surface area contributed by atoms with Crippen molar-refractivity contribution in [3.63, 3.8) is 0 Å². The van der Waals surface area contributed by atoms with Gasteiger partial charge in [0.25, 0.3) is 10.9 Å². The Kier molecular flexibility index (Phi) is 4.14. The van der Waals surface area contributed by atoms with Gasteiger partial charge in [0.2, 0.25) is 0 Å². The van der Waals surface area contributed by atoms with Crippen molar-refractivity contribution in [1.82, 2.24) is 19.4 Å². The van der Waals surface area contributed by atoms with Crippen molar-refractivity contribution < 1.29 is 4.39 Å². The molecular formula is C23H21FN8O2. The summed E-state index contributed by atoms with van der Waals surface area (Å²) in [5, 5.41) is 18.2. The molecule has 0 amide bonds. The second-order valence-corrected chi connectivity index (χ2v) is 9.12. The molecule has 1 aromatic carbocycles. The summed E-state index contributed by atoms with van der Waals surface area (Å²) >= 11 is 0. The Labute approximate surface area is 192 Å².